The van der Waals surface area contributed by atoms with Crippen LogP contribution >= 0.6 is 11.3 Å². The summed E-state index contributed by atoms with van der Waals surface area (Å²) in [5.41, 5.74) is 0.555. The van der Waals surface area contributed by atoms with Crippen LogP contribution in [0.4, 0.5) is 9.52 Å². The van der Waals surface area contributed by atoms with E-state index in [0.29, 0.717) is 23.5 Å². The van der Waals surface area contributed by atoms with Crippen molar-refractivity contribution in [3.8, 4) is 5.75 Å². The fraction of sp³-hybridized carbons (Fsp3) is 0.286. The van der Waals surface area contributed by atoms with Crippen molar-refractivity contribution < 1.29 is 22.3 Å². The molecule has 0 spiro atoms. The zero-order valence-corrected chi connectivity index (χ0v) is 14.3. The molecule has 0 atom stereocenters. The molecule has 24 heavy (non-hydrogen) atoms. The largest absolute Gasteiger partial charge is 0.495 e. The number of rotatable bonds is 4. The second-order valence-electron chi connectivity index (χ2n) is 5.05. The predicted octanol–water partition coefficient (Wildman–Crippen LogP) is 1.77. The molecular formula is C14H14FN3O4S2. The van der Waals surface area contributed by atoms with Crippen molar-refractivity contribution >= 4 is 32.4 Å². The normalized spacial score (nSPS) is 14.5. The number of nitrogens with one attached hydrogen (secondary N) is 2. The summed E-state index contributed by atoms with van der Waals surface area (Å²) >= 11 is 0.948. The number of hydrogen-bond acceptors (Lipinski definition) is 6. The molecule has 128 valence electrons. The van der Waals surface area contributed by atoms with Crippen LogP contribution in [0.1, 0.15) is 21.8 Å². The van der Waals surface area contributed by atoms with Crippen LogP contribution in [0.15, 0.2) is 23.1 Å². The fourth-order valence-electron chi connectivity index (χ4n) is 2.31. The minimum absolute atomic E-state index is 0.0137. The third kappa shape index (κ3) is 3.20. The van der Waals surface area contributed by atoms with E-state index in [1.165, 1.54) is 13.2 Å². The number of benzene rings is 1. The summed E-state index contributed by atoms with van der Waals surface area (Å²) in [5, 5.41) is 2.78. The van der Waals surface area contributed by atoms with Crippen molar-refractivity contribution in [1.29, 1.82) is 0 Å². The number of halogens is 1. The van der Waals surface area contributed by atoms with Crippen LogP contribution in [0.3, 0.4) is 0 Å². The van der Waals surface area contributed by atoms with Crippen molar-refractivity contribution in [3.05, 3.63) is 34.6 Å². The zero-order chi connectivity index (χ0) is 17.3. The molecule has 0 bridgehead atoms. The van der Waals surface area contributed by atoms with Gasteiger partial charge in [-0.15, -0.1) is 0 Å². The van der Waals surface area contributed by atoms with Crippen molar-refractivity contribution in [1.82, 2.24) is 10.3 Å². The van der Waals surface area contributed by atoms with Crippen molar-refractivity contribution in [2.45, 2.75) is 17.7 Å². The lowest BCUT2D eigenvalue weighted by atomic mass is 10.2. The highest BCUT2D eigenvalue weighted by atomic mass is 32.2. The van der Waals surface area contributed by atoms with Gasteiger partial charge in [-0.25, -0.2) is 17.8 Å². The molecule has 3 rings (SSSR count). The van der Waals surface area contributed by atoms with Crippen LogP contribution in [0.25, 0.3) is 0 Å². The van der Waals surface area contributed by atoms with E-state index in [-0.39, 0.29) is 21.7 Å². The van der Waals surface area contributed by atoms with E-state index in [2.05, 4.69) is 15.0 Å². The first kappa shape index (κ1) is 16.7. The quantitative estimate of drug-likeness (QED) is 0.854. The molecule has 1 aromatic heterocycles. The number of methoxy groups -OCH3 is 1. The number of carbonyl (C=O) groups is 1. The summed E-state index contributed by atoms with van der Waals surface area (Å²) in [6.07, 6.45) is 1.31. The lowest BCUT2D eigenvalue weighted by Gasteiger charge is -2.09. The number of aryl methyl sites for hydroxylation is 1. The number of thiazole rings is 1. The topological polar surface area (TPSA) is 97.4 Å². The molecule has 0 fully saturated rings. The Morgan fingerprint density at radius 3 is 2.96 bits per heavy atom. The smallest absolute Gasteiger partial charge is 0.267 e. The molecule has 0 saturated heterocycles. The average Bonchev–Trinajstić information content (AvgIpc) is 2.85. The number of carbonyl (C=O) groups excluding carboxylic acids is 1. The molecule has 2 aromatic rings. The number of ether oxygens (including phenoxy) is 1. The summed E-state index contributed by atoms with van der Waals surface area (Å²) in [7, 11) is -2.81. The lowest BCUT2D eigenvalue weighted by Crippen LogP contribution is -2.21. The number of fused-ring (bicyclic) bond motifs is 1. The van der Waals surface area contributed by atoms with Crippen LogP contribution in [-0.4, -0.2) is 33.0 Å². The van der Waals surface area contributed by atoms with E-state index in [9.17, 15) is 17.6 Å². The monoisotopic (exact) mass is 371 g/mol. The van der Waals surface area contributed by atoms with Crippen molar-refractivity contribution in [2.75, 3.05) is 18.4 Å². The third-order valence-electron chi connectivity index (χ3n) is 3.42. The zero-order valence-electron chi connectivity index (χ0n) is 12.6. The average molecular weight is 371 g/mol. The van der Waals surface area contributed by atoms with E-state index in [1.807, 2.05) is 0 Å². The van der Waals surface area contributed by atoms with Gasteiger partial charge in [-0.1, -0.05) is 11.3 Å². The molecule has 2 heterocycles. The molecule has 1 aliphatic heterocycles. The van der Waals surface area contributed by atoms with E-state index in [4.69, 9.17) is 4.74 Å². The fourth-order valence-corrected chi connectivity index (χ4v) is 4.66. The summed E-state index contributed by atoms with van der Waals surface area (Å²) in [4.78, 5) is 16.1. The van der Waals surface area contributed by atoms with Gasteiger partial charge in [0.05, 0.1) is 12.8 Å². The molecule has 0 saturated carbocycles. The Bertz CT molecular complexity index is 895. The number of hydrogen-bond donors (Lipinski definition) is 2. The molecule has 1 aromatic carbocycles. The maximum Gasteiger partial charge on any atom is 0.267 e. The van der Waals surface area contributed by atoms with Crippen molar-refractivity contribution in [2.24, 2.45) is 0 Å². The number of anilines is 1. The Balaban J connectivity index is 1.95. The van der Waals surface area contributed by atoms with Gasteiger partial charge >= 0.3 is 0 Å². The second kappa shape index (κ2) is 6.36. The highest BCUT2D eigenvalue weighted by Crippen LogP contribution is 2.30. The molecule has 1 aliphatic rings. The summed E-state index contributed by atoms with van der Waals surface area (Å²) in [6, 6.07) is 3.20. The van der Waals surface area contributed by atoms with Gasteiger partial charge in [-0.3, -0.25) is 9.52 Å². The first-order valence-corrected chi connectivity index (χ1v) is 9.35. The van der Waals surface area contributed by atoms with Gasteiger partial charge in [0, 0.05) is 6.54 Å². The van der Waals surface area contributed by atoms with Crippen LogP contribution in [0.2, 0.25) is 0 Å². The summed E-state index contributed by atoms with van der Waals surface area (Å²) in [5.74, 6) is -0.959. The Kier molecular flexibility index (Phi) is 4.41. The van der Waals surface area contributed by atoms with Gasteiger partial charge < -0.3 is 10.1 Å². The highest BCUT2D eigenvalue weighted by Gasteiger charge is 2.25. The lowest BCUT2D eigenvalue weighted by molar-refractivity contribution is 0.0960. The first-order chi connectivity index (χ1) is 11.4. The summed E-state index contributed by atoms with van der Waals surface area (Å²) in [6.45, 7) is 0.559. The van der Waals surface area contributed by atoms with Crippen LogP contribution in [-0.2, 0) is 16.4 Å². The first-order valence-electron chi connectivity index (χ1n) is 7.05. The van der Waals surface area contributed by atoms with Crippen LogP contribution in [0.5, 0.6) is 5.75 Å². The van der Waals surface area contributed by atoms with Crippen LogP contribution in [0, 0.1) is 5.82 Å². The Hall–Kier alpha value is -2.20. The number of amides is 1. The SMILES string of the molecule is COc1ccc(F)cc1S(=O)(=O)Nc1nc2c(s1)C(=O)NCCC2. The Labute approximate surface area is 141 Å². The molecule has 1 amide bonds. The standard InChI is InChI=1S/C14H14FN3O4S2/c1-22-10-5-4-8(15)7-11(10)24(20,21)18-14-17-9-3-2-6-16-13(19)12(9)23-14/h4-5,7H,2-3,6H2,1H3,(H,16,19)(H,17,18). The van der Waals surface area contributed by atoms with E-state index >= 15 is 0 Å². The maximum atomic E-state index is 13.4. The van der Waals surface area contributed by atoms with Gasteiger partial charge in [0.25, 0.3) is 15.9 Å². The van der Waals surface area contributed by atoms with Gasteiger partial charge in [-0.2, -0.15) is 0 Å². The molecule has 7 nitrogen and oxygen atoms in total. The molecule has 10 heteroatoms. The van der Waals surface area contributed by atoms with E-state index in [1.54, 1.807) is 0 Å². The molecule has 0 unspecified atom stereocenters. The maximum absolute atomic E-state index is 13.4. The van der Waals surface area contributed by atoms with Crippen LogP contribution < -0.4 is 14.8 Å². The minimum atomic E-state index is -4.10. The second-order valence-corrected chi connectivity index (χ2v) is 7.70. The van der Waals surface area contributed by atoms with Gasteiger partial charge in [0.15, 0.2) is 5.13 Å². The predicted molar refractivity (Wildman–Crippen MR) is 86.5 cm³/mol. The van der Waals surface area contributed by atoms with Crippen molar-refractivity contribution in [3.63, 3.8) is 0 Å². The Morgan fingerprint density at radius 1 is 1.42 bits per heavy atom. The van der Waals surface area contributed by atoms with Gasteiger partial charge in [0.2, 0.25) is 0 Å². The molecule has 2 N–H and O–H groups in total. The summed E-state index contributed by atoms with van der Waals surface area (Å²) < 4.78 is 45.7. The van der Waals surface area contributed by atoms with Gasteiger partial charge in [-0.05, 0) is 31.0 Å². The van der Waals surface area contributed by atoms with E-state index < -0.39 is 15.8 Å². The minimum Gasteiger partial charge on any atom is -0.495 e. The van der Waals surface area contributed by atoms with Gasteiger partial charge in [0.1, 0.15) is 21.3 Å². The number of nitrogens with zero attached hydrogens (tertiary/aromatic N) is 1. The van der Waals surface area contributed by atoms with E-state index in [0.717, 1.165) is 29.9 Å². The molecule has 0 radical (unpaired) electrons. The molecule has 0 aliphatic carbocycles. The molecular weight excluding hydrogens is 357 g/mol. The number of aromatic nitrogens is 1. The number of sulfonamides is 1. The highest BCUT2D eigenvalue weighted by molar-refractivity contribution is 7.93. The third-order valence-corrected chi connectivity index (χ3v) is 5.92. The Morgan fingerprint density at radius 2 is 2.21 bits per heavy atom.